The molecule has 2 aromatic heterocycles. The van der Waals surface area contributed by atoms with Gasteiger partial charge in [0, 0.05) is 12.8 Å². The van der Waals surface area contributed by atoms with E-state index in [2.05, 4.69) is 20.6 Å². The quantitative estimate of drug-likeness (QED) is 0.130. The average Bonchev–Trinajstić information content (AvgIpc) is 3.52. The lowest BCUT2D eigenvalue weighted by atomic mass is 10.0. The number of rotatable bonds is 13. The summed E-state index contributed by atoms with van der Waals surface area (Å²) in [5, 5.41) is 24.4. The number of unbranched alkanes of at least 4 members (excludes halogenated alkanes) is 4. The van der Waals surface area contributed by atoms with E-state index in [1.54, 1.807) is 13.8 Å². The van der Waals surface area contributed by atoms with Gasteiger partial charge in [0.05, 0.1) is 37.8 Å². The third-order valence-electron chi connectivity index (χ3n) is 8.45. The maximum atomic E-state index is 14.4. The number of amides is 2. The molecule has 2 aliphatic rings. The summed E-state index contributed by atoms with van der Waals surface area (Å²) in [7, 11) is 0. The molecule has 4 rings (SSSR count). The van der Waals surface area contributed by atoms with Crippen LogP contribution in [0.4, 0.5) is 30.0 Å². The number of ether oxygens (including phenoxy) is 5. The summed E-state index contributed by atoms with van der Waals surface area (Å²) in [5.41, 5.74) is -1.81. The number of nitrogens with one attached hydrogen (secondary N) is 2. The number of carbonyl (C=O) groups is 3. The number of aliphatic hydroxyl groups excluding tert-OH is 2. The van der Waals surface area contributed by atoms with Gasteiger partial charge in [-0.25, -0.2) is 28.0 Å². The van der Waals surface area contributed by atoms with Crippen molar-refractivity contribution in [1.82, 2.24) is 19.1 Å². The normalized spacial score (nSPS) is 24.9. The highest BCUT2D eigenvalue weighted by Crippen LogP contribution is 2.33. The topological polar surface area (TPSA) is 232 Å². The predicted molar refractivity (Wildman–Crippen MR) is 182 cm³/mol. The minimum Gasteiger partial charge on any atom is -0.455 e. The Balaban J connectivity index is 0.000000287. The number of nitrogens with zero attached hydrogens (tertiary/aromatic N) is 4. The van der Waals surface area contributed by atoms with Gasteiger partial charge in [0.25, 0.3) is 0 Å². The second kappa shape index (κ2) is 20.1. The highest BCUT2D eigenvalue weighted by molar-refractivity contribution is 5.83. The molecular weight excluding hydrogens is 710 g/mol. The lowest BCUT2D eigenvalue weighted by Crippen LogP contribution is -2.38. The van der Waals surface area contributed by atoms with Crippen LogP contribution < -0.4 is 22.0 Å². The minimum atomic E-state index is -1.27. The summed E-state index contributed by atoms with van der Waals surface area (Å²) in [6.07, 6.45) is -1.82. The van der Waals surface area contributed by atoms with Gasteiger partial charge in [0.15, 0.2) is 41.8 Å². The van der Waals surface area contributed by atoms with Gasteiger partial charge >= 0.3 is 29.5 Å². The van der Waals surface area contributed by atoms with Gasteiger partial charge in [0.2, 0.25) is 0 Å². The molecule has 2 aromatic rings. The molecule has 2 amide bonds. The smallest absolute Gasteiger partial charge is 0.412 e. The van der Waals surface area contributed by atoms with Crippen molar-refractivity contribution in [3.05, 3.63) is 45.0 Å². The zero-order chi connectivity index (χ0) is 39.4. The maximum Gasteiger partial charge on any atom is 0.412 e. The summed E-state index contributed by atoms with van der Waals surface area (Å²) in [6.45, 7) is 10.6. The van der Waals surface area contributed by atoms with Crippen molar-refractivity contribution in [2.75, 3.05) is 23.8 Å². The molecule has 8 atom stereocenters. The van der Waals surface area contributed by atoms with Gasteiger partial charge in [-0.15, -0.1) is 0 Å². The summed E-state index contributed by atoms with van der Waals surface area (Å²) < 4.78 is 55.9. The highest BCUT2D eigenvalue weighted by Gasteiger charge is 2.46. The molecular formula is C33H48F2N6O12. The summed E-state index contributed by atoms with van der Waals surface area (Å²) in [4.78, 5) is 66.0. The number of aromatic nitrogens is 4. The van der Waals surface area contributed by atoms with E-state index in [-0.39, 0.29) is 25.2 Å². The van der Waals surface area contributed by atoms with Crippen LogP contribution in [0.15, 0.2) is 22.0 Å². The number of carbonyl (C=O) groups excluding carboxylic acids is 3. The molecule has 18 nitrogen and oxygen atoms in total. The van der Waals surface area contributed by atoms with E-state index in [1.165, 1.54) is 6.92 Å². The van der Waals surface area contributed by atoms with Crippen molar-refractivity contribution in [3.63, 3.8) is 0 Å². The number of halogens is 2. The first-order chi connectivity index (χ1) is 25.1. The van der Waals surface area contributed by atoms with Crippen LogP contribution in [0.2, 0.25) is 0 Å². The molecule has 53 heavy (non-hydrogen) atoms. The molecule has 4 heterocycles. The molecule has 0 spiro atoms. The Bertz CT molecular complexity index is 1680. The third-order valence-corrected chi connectivity index (χ3v) is 8.45. The van der Waals surface area contributed by atoms with Crippen LogP contribution in [-0.2, 0) is 28.5 Å². The fourth-order valence-electron chi connectivity index (χ4n) is 5.28. The van der Waals surface area contributed by atoms with E-state index < -0.39 is 89.7 Å². The van der Waals surface area contributed by atoms with E-state index >= 15 is 0 Å². The molecule has 0 unspecified atom stereocenters. The van der Waals surface area contributed by atoms with Crippen LogP contribution in [0.25, 0.3) is 0 Å². The zero-order valence-electron chi connectivity index (χ0n) is 30.5. The highest BCUT2D eigenvalue weighted by atomic mass is 19.1. The molecule has 0 aromatic carbocycles. The van der Waals surface area contributed by atoms with Gasteiger partial charge in [0.1, 0.15) is 12.2 Å². The van der Waals surface area contributed by atoms with Crippen LogP contribution in [-0.4, -0.2) is 91.2 Å². The first kappa shape index (κ1) is 42.9. The summed E-state index contributed by atoms with van der Waals surface area (Å²) in [5.74, 6) is -3.97. The van der Waals surface area contributed by atoms with Crippen LogP contribution >= 0.6 is 0 Å². The van der Waals surface area contributed by atoms with Crippen molar-refractivity contribution in [2.45, 2.75) is 123 Å². The Labute approximate surface area is 303 Å². The maximum absolute atomic E-state index is 14.4. The van der Waals surface area contributed by atoms with Crippen molar-refractivity contribution >= 4 is 29.8 Å². The van der Waals surface area contributed by atoms with Crippen molar-refractivity contribution in [1.29, 1.82) is 0 Å². The van der Waals surface area contributed by atoms with Crippen LogP contribution in [0.1, 0.15) is 92.5 Å². The monoisotopic (exact) mass is 758 g/mol. The molecule has 0 aliphatic carbocycles. The number of aliphatic hydroxyl groups is 2. The Kier molecular flexibility index (Phi) is 16.2. The zero-order valence-corrected chi connectivity index (χ0v) is 30.5. The Hall–Kier alpha value is -4.53. The molecule has 296 valence electrons. The molecule has 2 aliphatic heterocycles. The van der Waals surface area contributed by atoms with Gasteiger partial charge in [-0.1, -0.05) is 46.5 Å². The predicted octanol–water partition coefficient (Wildman–Crippen LogP) is 3.37. The van der Waals surface area contributed by atoms with Crippen LogP contribution in [0.5, 0.6) is 0 Å². The van der Waals surface area contributed by atoms with Gasteiger partial charge in [-0.2, -0.15) is 9.97 Å². The lowest BCUT2D eigenvalue weighted by Gasteiger charge is -2.21. The SMILES string of the molecule is CCCCCOC(=O)Nc1nc(=O)n([C@@H]2O[C@H](C)[C@@H](C)[C@H]2O)cc1F.CCCCCOC(=O)Nc1nc(=O)n([C@@H]2O[C@H](C)[C@@H](O)[C@H]2OC(C)=O)cc1F. The molecule has 0 bridgehead atoms. The van der Waals surface area contributed by atoms with Gasteiger partial charge in [-0.05, 0) is 26.7 Å². The second-order valence-electron chi connectivity index (χ2n) is 12.6. The molecule has 20 heteroatoms. The molecule has 2 saturated heterocycles. The lowest BCUT2D eigenvalue weighted by molar-refractivity contribution is -0.156. The summed E-state index contributed by atoms with van der Waals surface area (Å²) in [6, 6.07) is 0. The number of esters is 1. The molecule has 2 fully saturated rings. The first-order valence-corrected chi connectivity index (χ1v) is 17.4. The Morgan fingerprint density at radius 2 is 1.23 bits per heavy atom. The molecule has 0 radical (unpaired) electrons. The van der Waals surface area contributed by atoms with Gasteiger partial charge in [-0.3, -0.25) is 24.6 Å². The Morgan fingerprint density at radius 1 is 0.774 bits per heavy atom. The van der Waals surface area contributed by atoms with E-state index in [0.717, 1.165) is 54.1 Å². The second-order valence-corrected chi connectivity index (χ2v) is 12.6. The van der Waals surface area contributed by atoms with Gasteiger partial charge < -0.3 is 33.9 Å². The first-order valence-electron chi connectivity index (χ1n) is 17.4. The van der Waals surface area contributed by atoms with E-state index in [4.69, 9.17) is 23.7 Å². The van der Waals surface area contributed by atoms with E-state index in [1.807, 2.05) is 13.8 Å². The van der Waals surface area contributed by atoms with Crippen LogP contribution in [0, 0.1) is 17.6 Å². The summed E-state index contributed by atoms with van der Waals surface area (Å²) >= 11 is 0. The molecule has 4 N–H and O–H groups in total. The third kappa shape index (κ3) is 11.7. The average molecular weight is 759 g/mol. The van der Waals surface area contributed by atoms with E-state index in [9.17, 15) is 43.0 Å². The van der Waals surface area contributed by atoms with E-state index in [0.29, 0.717) is 12.8 Å². The van der Waals surface area contributed by atoms with Crippen molar-refractivity contribution in [2.24, 2.45) is 5.92 Å². The number of anilines is 2. The largest absolute Gasteiger partial charge is 0.455 e. The Morgan fingerprint density at radius 3 is 1.64 bits per heavy atom. The minimum absolute atomic E-state index is 0.161. The van der Waals surface area contributed by atoms with Crippen molar-refractivity contribution < 1.29 is 57.1 Å². The fourth-order valence-corrected chi connectivity index (χ4v) is 5.28. The molecule has 0 saturated carbocycles. The fraction of sp³-hybridized carbons (Fsp3) is 0.667. The van der Waals surface area contributed by atoms with Crippen molar-refractivity contribution in [3.8, 4) is 0 Å². The number of hydrogen-bond donors (Lipinski definition) is 4. The number of hydrogen-bond acceptors (Lipinski definition) is 14. The van der Waals surface area contributed by atoms with Crippen LogP contribution in [0.3, 0.4) is 0 Å². The standard InChI is InChI=1S/C17H24FN3O7.C16H24FN3O5/c1-4-5-6-7-26-17(25)20-14-11(18)8-21(16(24)19-14)15-13(28-10(3)22)12(23)9(2)27-15;1-4-5-6-7-24-16(23)19-13-11(17)8-20(15(22)18-13)14-12(21)9(2)10(3)25-14/h8-9,12-13,15,23H,4-7H2,1-3H3,(H,19,20,24,25);8-10,12,14,21H,4-7H2,1-3H3,(H,18,19,22,23)/t9-,12-,13-,15-;9-,10-,12-,14-/m11/s1.